The van der Waals surface area contributed by atoms with Gasteiger partial charge in [0, 0.05) is 0 Å². The Bertz CT molecular complexity index is 658. The van der Waals surface area contributed by atoms with Crippen LogP contribution in [0, 0.1) is 0 Å². The molecule has 2 rings (SSSR count). The van der Waals surface area contributed by atoms with E-state index in [-0.39, 0.29) is 29.3 Å². The van der Waals surface area contributed by atoms with Gasteiger partial charge in [-0.15, -0.1) is 15.0 Å². The van der Waals surface area contributed by atoms with Crippen LogP contribution in [-0.2, 0) is 0 Å². The maximum Gasteiger partial charge on any atom is 0.335 e. The van der Waals surface area contributed by atoms with Crippen molar-refractivity contribution in [3.8, 4) is 23.8 Å². The first-order chi connectivity index (χ1) is 10.0. The highest BCUT2D eigenvalue weighted by Gasteiger charge is 2.13. The number of rotatable bonds is 5. The molecule has 0 saturated carbocycles. The van der Waals surface area contributed by atoms with Crippen LogP contribution in [-0.4, -0.2) is 40.2 Å². The van der Waals surface area contributed by atoms with Gasteiger partial charge in [-0.2, -0.15) is 0 Å². The molecule has 0 bridgehead atoms. The summed E-state index contributed by atoms with van der Waals surface area (Å²) in [7, 11) is 2.78. The van der Waals surface area contributed by atoms with Crippen LogP contribution in [0.25, 0.3) is 0 Å². The van der Waals surface area contributed by atoms with Gasteiger partial charge < -0.3 is 19.3 Å². The number of halogens is 1. The Labute approximate surface area is 127 Å². The van der Waals surface area contributed by atoms with E-state index in [0.29, 0.717) is 4.47 Å². The minimum absolute atomic E-state index is 0.0161. The maximum absolute atomic E-state index is 11.0. The molecule has 8 nitrogen and oxygen atoms in total. The lowest BCUT2D eigenvalue weighted by Gasteiger charge is -2.08. The Kier molecular flexibility index (Phi) is 4.53. The third-order valence-corrected chi connectivity index (χ3v) is 2.97. The van der Waals surface area contributed by atoms with Crippen molar-refractivity contribution in [3.63, 3.8) is 0 Å². The van der Waals surface area contributed by atoms with Crippen LogP contribution in [0.1, 0.15) is 10.4 Å². The summed E-state index contributed by atoms with van der Waals surface area (Å²) < 4.78 is 15.8. The molecule has 1 N–H and O–H groups in total. The van der Waals surface area contributed by atoms with Crippen LogP contribution in [0.2, 0.25) is 0 Å². The van der Waals surface area contributed by atoms with Crippen LogP contribution < -0.4 is 14.2 Å². The molecule has 0 spiro atoms. The van der Waals surface area contributed by atoms with Crippen molar-refractivity contribution < 1.29 is 24.1 Å². The second kappa shape index (κ2) is 6.35. The second-order valence-electron chi connectivity index (χ2n) is 3.64. The fourth-order valence-corrected chi connectivity index (χ4v) is 1.69. The molecule has 1 aromatic carbocycles. The average Bonchev–Trinajstić information content (AvgIpc) is 2.48. The number of nitrogens with zero attached hydrogens (tertiary/aromatic N) is 3. The molecule has 0 amide bonds. The summed E-state index contributed by atoms with van der Waals surface area (Å²) in [6.07, 6.45) is 0. The maximum atomic E-state index is 11.0. The van der Waals surface area contributed by atoms with Crippen LogP contribution in [0.5, 0.6) is 23.8 Å². The van der Waals surface area contributed by atoms with Gasteiger partial charge in [0.2, 0.25) is 0 Å². The van der Waals surface area contributed by atoms with Crippen molar-refractivity contribution in [1.82, 2.24) is 15.0 Å². The molecular weight excluding hydrogens is 346 g/mol. The number of methoxy groups -OCH3 is 2. The van der Waals surface area contributed by atoms with E-state index in [0.717, 1.165) is 0 Å². The van der Waals surface area contributed by atoms with Gasteiger partial charge in [0.1, 0.15) is 5.75 Å². The second-order valence-corrected chi connectivity index (χ2v) is 4.50. The van der Waals surface area contributed by atoms with E-state index in [4.69, 9.17) is 19.3 Å². The molecule has 1 aromatic heterocycles. The van der Waals surface area contributed by atoms with Gasteiger partial charge in [0.05, 0.1) is 24.3 Å². The van der Waals surface area contributed by atoms with Crippen LogP contribution in [0.3, 0.4) is 0 Å². The van der Waals surface area contributed by atoms with E-state index in [1.165, 1.54) is 26.4 Å². The van der Waals surface area contributed by atoms with Gasteiger partial charge in [-0.05, 0) is 34.1 Å². The number of benzene rings is 1. The lowest BCUT2D eigenvalue weighted by atomic mass is 10.2. The molecule has 0 saturated heterocycles. The Morgan fingerprint density at radius 2 is 1.67 bits per heavy atom. The molecule has 0 radical (unpaired) electrons. The first-order valence-electron chi connectivity index (χ1n) is 5.58. The summed E-state index contributed by atoms with van der Waals surface area (Å²) >= 11 is 3.26. The quantitative estimate of drug-likeness (QED) is 0.869. The summed E-state index contributed by atoms with van der Waals surface area (Å²) in [6.45, 7) is 0. The van der Waals surface area contributed by atoms with Gasteiger partial charge in [-0.3, -0.25) is 0 Å². The van der Waals surface area contributed by atoms with E-state index in [1.807, 2.05) is 0 Å². The number of hydrogen-bond acceptors (Lipinski definition) is 7. The molecular formula is C12H10BrN3O5. The van der Waals surface area contributed by atoms with E-state index in [9.17, 15) is 4.79 Å². The zero-order valence-corrected chi connectivity index (χ0v) is 12.6. The zero-order valence-electron chi connectivity index (χ0n) is 11.0. The van der Waals surface area contributed by atoms with Gasteiger partial charge in [0.15, 0.2) is 0 Å². The lowest BCUT2D eigenvalue weighted by molar-refractivity contribution is 0.0696. The predicted molar refractivity (Wildman–Crippen MR) is 74.1 cm³/mol. The van der Waals surface area contributed by atoms with Gasteiger partial charge in [-0.25, -0.2) is 4.79 Å². The van der Waals surface area contributed by atoms with E-state index < -0.39 is 5.97 Å². The first-order valence-corrected chi connectivity index (χ1v) is 6.37. The number of hydrogen-bond donors (Lipinski definition) is 1. The van der Waals surface area contributed by atoms with Crippen LogP contribution in [0.4, 0.5) is 0 Å². The van der Waals surface area contributed by atoms with Crippen molar-refractivity contribution in [1.29, 1.82) is 0 Å². The first kappa shape index (κ1) is 15.0. The number of carbonyl (C=O) groups is 1. The minimum Gasteiger partial charge on any atom is -0.478 e. The summed E-state index contributed by atoms with van der Waals surface area (Å²) in [6, 6.07) is 4.28. The standard InChI is InChI=1S/C12H10BrN3O5/c1-19-10-14-11(20-2)16-12(15-10)21-8-5-6(9(17)18)3-4-7(8)13/h3-5H,1-2H3,(H,17,18). The van der Waals surface area contributed by atoms with Crippen molar-refractivity contribution in [2.24, 2.45) is 0 Å². The highest BCUT2D eigenvalue weighted by Crippen LogP contribution is 2.30. The van der Waals surface area contributed by atoms with E-state index in [2.05, 4.69) is 30.9 Å². The summed E-state index contributed by atoms with van der Waals surface area (Å²) in [5.41, 5.74) is 0.0705. The van der Waals surface area contributed by atoms with E-state index >= 15 is 0 Å². The normalized spacial score (nSPS) is 10.0. The lowest BCUT2D eigenvalue weighted by Crippen LogP contribution is -2.02. The highest BCUT2D eigenvalue weighted by molar-refractivity contribution is 9.10. The molecule has 0 atom stereocenters. The number of aromatic carboxylic acids is 1. The molecule has 110 valence electrons. The van der Waals surface area contributed by atoms with Crippen molar-refractivity contribution in [3.05, 3.63) is 28.2 Å². The fraction of sp³-hybridized carbons (Fsp3) is 0.167. The largest absolute Gasteiger partial charge is 0.478 e. The number of carboxylic acid groups (broad SMARTS) is 1. The van der Waals surface area contributed by atoms with Crippen LogP contribution in [0.15, 0.2) is 22.7 Å². The Morgan fingerprint density at radius 1 is 1.10 bits per heavy atom. The van der Waals surface area contributed by atoms with Crippen LogP contribution >= 0.6 is 15.9 Å². The third kappa shape index (κ3) is 3.57. The molecule has 0 unspecified atom stereocenters. The summed E-state index contributed by atoms with van der Waals surface area (Å²) in [4.78, 5) is 22.6. The van der Waals surface area contributed by atoms with Crippen molar-refractivity contribution in [2.45, 2.75) is 0 Å². The molecule has 1 heterocycles. The Hall–Kier alpha value is -2.42. The average molecular weight is 356 g/mol. The predicted octanol–water partition coefficient (Wildman–Crippen LogP) is 2.14. The van der Waals surface area contributed by atoms with E-state index in [1.54, 1.807) is 6.07 Å². The molecule has 0 aliphatic heterocycles. The van der Waals surface area contributed by atoms with Gasteiger partial charge in [0.25, 0.3) is 0 Å². The minimum atomic E-state index is -1.07. The highest BCUT2D eigenvalue weighted by atomic mass is 79.9. The third-order valence-electron chi connectivity index (χ3n) is 2.32. The van der Waals surface area contributed by atoms with Crippen molar-refractivity contribution in [2.75, 3.05) is 14.2 Å². The number of ether oxygens (including phenoxy) is 3. The molecule has 0 aliphatic carbocycles. The SMILES string of the molecule is COc1nc(OC)nc(Oc2cc(C(=O)O)ccc2Br)n1. The van der Waals surface area contributed by atoms with Gasteiger partial charge in [-0.1, -0.05) is 0 Å². The molecule has 21 heavy (non-hydrogen) atoms. The molecule has 0 aliphatic rings. The Balaban J connectivity index is 2.37. The smallest absolute Gasteiger partial charge is 0.335 e. The number of aromatic nitrogens is 3. The molecule has 0 fully saturated rings. The fourth-order valence-electron chi connectivity index (χ4n) is 1.36. The monoisotopic (exact) mass is 355 g/mol. The van der Waals surface area contributed by atoms with Gasteiger partial charge >= 0.3 is 24.0 Å². The summed E-state index contributed by atoms with van der Waals surface area (Å²) in [5, 5.41) is 8.98. The topological polar surface area (TPSA) is 104 Å². The molecule has 9 heteroatoms. The molecule has 2 aromatic rings. The Morgan fingerprint density at radius 3 is 2.19 bits per heavy atom. The summed E-state index contributed by atoms with van der Waals surface area (Å²) in [5.74, 6) is -0.830. The number of carboxylic acids is 1. The zero-order chi connectivity index (χ0) is 15.4. The van der Waals surface area contributed by atoms with Crippen molar-refractivity contribution >= 4 is 21.9 Å².